The zero-order valence-corrected chi connectivity index (χ0v) is 26.1. The number of para-hydroxylation sites is 2. The molecule has 2 heterocycles. The Morgan fingerprint density at radius 3 is 1.79 bits per heavy atom. The van der Waals surface area contributed by atoms with Crippen molar-refractivity contribution in [1.82, 2.24) is 4.57 Å². The molecule has 1 aromatic heterocycles. The van der Waals surface area contributed by atoms with Crippen LogP contribution in [0.5, 0.6) is 0 Å². The Kier molecular flexibility index (Phi) is 5.53. The highest BCUT2D eigenvalue weighted by Gasteiger charge is 2.50. The van der Waals surface area contributed by atoms with E-state index in [0.29, 0.717) is 5.56 Å². The Morgan fingerprint density at radius 2 is 1.11 bits per heavy atom. The van der Waals surface area contributed by atoms with Crippen molar-refractivity contribution in [3.05, 3.63) is 186 Å². The summed E-state index contributed by atoms with van der Waals surface area (Å²) < 4.78 is 2.42. The summed E-state index contributed by atoms with van der Waals surface area (Å²) in [5.41, 5.74) is 13.6. The highest BCUT2D eigenvalue weighted by Crippen LogP contribution is 2.63. The predicted molar refractivity (Wildman–Crippen MR) is 192 cm³/mol. The summed E-state index contributed by atoms with van der Waals surface area (Å²) in [7, 11) is 0. The van der Waals surface area contributed by atoms with Crippen LogP contribution in [-0.4, -0.2) is 4.57 Å². The van der Waals surface area contributed by atoms with Gasteiger partial charge in [-0.3, -0.25) is 0 Å². The van der Waals surface area contributed by atoms with Crippen LogP contribution in [-0.2, 0) is 5.41 Å². The molecule has 10 rings (SSSR count). The van der Waals surface area contributed by atoms with Crippen molar-refractivity contribution < 1.29 is 0 Å². The number of nitrogens with zero attached hydrogens (tertiary/aromatic N) is 2. The van der Waals surface area contributed by atoms with Gasteiger partial charge >= 0.3 is 0 Å². The summed E-state index contributed by atoms with van der Waals surface area (Å²) in [5.74, 6) is 0. The van der Waals surface area contributed by atoms with Crippen LogP contribution in [0.15, 0.2) is 168 Å². The summed E-state index contributed by atoms with van der Waals surface area (Å²) >= 11 is 1.85. The molecule has 1 aliphatic carbocycles. The van der Waals surface area contributed by atoms with Crippen LogP contribution in [0.2, 0.25) is 0 Å². The lowest BCUT2D eigenvalue weighted by Gasteiger charge is -2.40. The summed E-state index contributed by atoms with van der Waals surface area (Å²) in [4.78, 5) is 2.49. The molecule has 0 amide bonds. The van der Waals surface area contributed by atoms with Crippen LogP contribution < -0.4 is 0 Å². The lowest BCUT2D eigenvalue weighted by Crippen LogP contribution is -2.32. The minimum absolute atomic E-state index is 0.513. The van der Waals surface area contributed by atoms with Crippen LogP contribution >= 0.6 is 11.8 Å². The molecule has 3 heteroatoms. The van der Waals surface area contributed by atoms with Gasteiger partial charge in [0.05, 0.1) is 28.1 Å². The summed E-state index contributed by atoms with van der Waals surface area (Å²) in [6.45, 7) is 0. The average Bonchev–Trinajstić information content (AvgIpc) is 3.63. The van der Waals surface area contributed by atoms with Gasteiger partial charge in [-0.2, -0.15) is 5.26 Å². The first-order valence-electron chi connectivity index (χ1n) is 15.9. The number of aromatic nitrogens is 1. The first-order chi connectivity index (χ1) is 23.3. The van der Waals surface area contributed by atoms with Crippen molar-refractivity contribution in [3.8, 4) is 34.0 Å². The zero-order chi connectivity index (χ0) is 31.1. The van der Waals surface area contributed by atoms with Crippen molar-refractivity contribution >= 4 is 33.6 Å². The molecule has 8 aromatic rings. The molecule has 0 bridgehead atoms. The Balaban J connectivity index is 1.41. The fourth-order valence-electron chi connectivity index (χ4n) is 8.24. The third-order valence-corrected chi connectivity index (χ3v) is 11.3. The molecule has 0 saturated carbocycles. The van der Waals surface area contributed by atoms with Crippen molar-refractivity contribution in [2.75, 3.05) is 0 Å². The largest absolute Gasteiger partial charge is 0.309 e. The topological polar surface area (TPSA) is 28.7 Å². The van der Waals surface area contributed by atoms with E-state index in [-0.39, 0.29) is 0 Å². The lowest BCUT2D eigenvalue weighted by atomic mass is 9.67. The molecule has 2 nitrogen and oxygen atoms in total. The van der Waals surface area contributed by atoms with Gasteiger partial charge in [0.1, 0.15) is 0 Å². The van der Waals surface area contributed by atoms with Gasteiger partial charge < -0.3 is 4.57 Å². The molecule has 218 valence electrons. The second-order valence-corrected chi connectivity index (χ2v) is 13.4. The van der Waals surface area contributed by atoms with E-state index in [9.17, 15) is 5.26 Å². The highest BCUT2D eigenvalue weighted by molar-refractivity contribution is 7.99. The van der Waals surface area contributed by atoms with Gasteiger partial charge in [-0.1, -0.05) is 127 Å². The molecule has 7 aromatic carbocycles. The quantitative estimate of drug-likeness (QED) is 0.194. The van der Waals surface area contributed by atoms with Crippen molar-refractivity contribution in [2.24, 2.45) is 0 Å². The minimum atomic E-state index is -0.513. The summed E-state index contributed by atoms with van der Waals surface area (Å²) in [5, 5.41) is 12.4. The molecule has 1 aliphatic heterocycles. The van der Waals surface area contributed by atoms with Crippen LogP contribution in [0.25, 0.3) is 49.7 Å². The fraction of sp³-hybridized carbons (Fsp3) is 0.0227. The van der Waals surface area contributed by atoms with E-state index in [2.05, 4.69) is 150 Å². The van der Waals surface area contributed by atoms with E-state index >= 15 is 0 Å². The van der Waals surface area contributed by atoms with Crippen LogP contribution in [0, 0.1) is 11.3 Å². The normalized spacial score (nSPS) is 13.6. The minimum Gasteiger partial charge on any atom is -0.309 e. The van der Waals surface area contributed by atoms with E-state index in [1.54, 1.807) is 0 Å². The molecule has 2 aliphatic rings. The Hall–Kier alpha value is -5.82. The molecule has 0 fully saturated rings. The zero-order valence-electron chi connectivity index (χ0n) is 25.3. The maximum Gasteiger partial charge on any atom is 0.0991 e. The van der Waals surface area contributed by atoms with E-state index in [4.69, 9.17) is 0 Å². The lowest BCUT2D eigenvalue weighted by molar-refractivity contribution is 0.722. The van der Waals surface area contributed by atoms with Crippen LogP contribution in [0.3, 0.4) is 0 Å². The Bertz CT molecular complexity index is 2540. The van der Waals surface area contributed by atoms with Gasteiger partial charge in [0.25, 0.3) is 0 Å². The molecule has 0 saturated heterocycles. The van der Waals surface area contributed by atoms with Gasteiger partial charge in [0.2, 0.25) is 0 Å². The standard InChI is InChI=1S/C44H26N2S/c45-27-28-12-11-13-29(24-28)35-25-30(46-40-21-8-3-16-33(40)34-17-4-9-22-41(34)46)26-39-43(35)47-42-23-10-7-20-38(42)44(39)36-18-5-1-14-31(36)32-15-2-6-19-37(32)44/h1-26H. The number of rotatable bonds is 2. The van der Waals surface area contributed by atoms with Crippen molar-refractivity contribution in [1.29, 1.82) is 5.26 Å². The molecular weight excluding hydrogens is 589 g/mol. The predicted octanol–water partition coefficient (Wildman–Crippen LogP) is 11.2. The molecule has 1 spiro atoms. The Morgan fingerprint density at radius 1 is 0.511 bits per heavy atom. The smallest absolute Gasteiger partial charge is 0.0991 e. The molecule has 0 atom stereocenters. The monoisotopic (exact) mass is 614 g/mol. The number of hydrogen-bond donors (Lipinski definition) is 0. The molecular formula is C44H26N2S. The van der Waals surface area contributed by atoms with Gasteiger partial charge in [0, 0.05) is 26.3 Å². The van der Waals surface area contributed by atoms with E-state index in [1.807, 2.05) is 30.0 Å². The summed E-state index contributed by atoms with van der Waals surface area (Å²) in [6, 6.07) is 59.5. The maximum atomic E-state index is 9.95. The van der Waals surface area contributed by atoms with Crippen LogP contribution in [0.4, 0.5) is 0 Å². The SMILES string of the molecule is N#Cc1cccc(-c2cc(-n3c4ccccc4c4ccccc43)cc3c2Sc2ccccc2C32c3ccccc3-c3ccccc32)c1. The molecule has 47 heavy (non-hydrogen) atoms. The maximum absolute atomic E-state index is 9.95. The third-order valence-electron chi connectivity index (χ3n) is 10.1. The number of nitriles is 1. The molecule has 0 radical (unpaired) electrons. The molecule has 0 N–H and O–H groups in total. The molecule has 0 unspecified atom stereocenters. The van der Waals surface area contributed by atoms with E-state index in [0.717, 1.165) is 16.8 Å². The number of fused-ring (bicyclic) bond motifs is 12. The third kappa shape index (κ3) is 3.51. The fourth-order valence-corrected chi connectivity index (χ4v) is 9.54. The first-order valence-corrected chi connectivity index (χ1v) is 16.7. The van der Waals surface area contributed by atoms with Crippen molar-refractivity contribution in [3.63, 3.8) is 0 Å². The van der Waals surface area contributed by atoms with Crippen LogP contribution in [0.1, 0.15) is 27.8 Å². The van der Waals surface area contributed by atoms with Gasteiger partial charge in [-0.25, -0.2) is 0 Å². The number of benzene rings is 7. The summed E-state index contributed by atoms with van der Waals surface area (Å²) in [6.07, 6.45) is 0. The second-order valence-electron chi connectivity index (χ2n) is 12.4. The highest BCUT2D eigenvalue weighted by atomic mass is 32.2. The van der Waals surface area contributed by atoms with Gasteiger partial charge in [0.15, 0.2) is 0 Å². The Labute approximate surface area is 277 Å². The van der Waals surface area contributed by atoms with Gasteiger partial charge in [-0.05, 0) is 87.0 Å². The average molecular weight is 615 g/mol. The second kappa shape index (κ2) is 9.84. The van der Waals surface area contributed by atoms with E-state index < -0.39 is 5.41 Å². The number of hydrogen-bond acceptors (Lipinski definition) is 2. The van der Waals surface area contributed by atoms with Gasteiger partial charge in [-0.15, -0.1) is 0 Å². The first kappa shape index (κ1) is 26.4. The van der Waals surface area contributed by atoms with E-state index in [1.165, 1.54) is 65.0 Å². The van der Waals surface area contributed by atoms with Crippen molar-refractivity contribution in [2.45, 2.75) is 15.2 Å².